The second-order valence-corrected chi connectivity index (χ2v) is 7.90. The van der Waals surface area contributed by atoms with Crippen molar-refractivity contribution in [1.82, 2.24) is 4.90 Å². The second kappa shape index (κ2) is 8.23. The molecule has 0 spiro atoms. The Morgan fingerprint density at radius 3 is 2.50 bits per heavy atom. The molecule has 1 atom stereocenters. The summed E-state index contributed by atoms with van der Waals surface area (Å²) in [6.07, 6.45) is 2.71. The monoisotopic (exact) mass is 397 g/mol. The topological polar surface area (TPSA) is 52.7 Å². The van der Waals surface area contributed by atoms with Gasteiger partial charge in [-0.1, -0.05) is 29.8 Å². The molecule has 0 aliphatic carbocycles. The van der Waals surface area contributed by atoms with Gasteiger partial charge in [-0.15, -0.1) is 0 Å². The molecule has 0 aromatic heterocycles. The van der Waals surface area contributed by atoms with Crippen molar-refractivity contribution in [3.63, 3.8) is 0 Å². The molecule has 2 aliphatic rings. The molecule has 1 N–H and O–H groups in total. The third-order valence-corrected chi connectivity index (χ3v) is 5.88. The van der Waals surface area contributed by atoms with E-state index in [9.17, 15) is 9.59 Å². The van der Waals surface area contributed by atoms with Crippen LogP contribution in [0.15, 0.2) is 48.5 Å². The first-order chi connectivity index (χ1) is 13.6. The van der Waals surface area contributed by atoms with Crippen molar-refractivity contribution in [2.24, 2.45) is 5.92 Å². The molecule has 2 aromatic rings. The molecule has 0 saturated carbocycles. The zero-order valence-electron chi connectivity index (χ0n) is 15.7. The molecule has 6 heteroatoms. The van der Waals surface area contributed by atoms with Crippen LogP contribution >= 0.6 is 11.6 Å². The lowest BCUT2D eigenvalue weighted by Crippen LogP contribution is -2.28. The number of amides is 2. The van der Waals surface area contributed by atoms with Crippen LogP contribution in [-0.4, -0.2) is 36.3 Å². The summed E-state index contributed by atoms with van der Waals surface area (Å²) in [5.41, 5.74) is 2.86. The molecule has 2 aliphatic heterocycles. The summed E-state index contributed by atoms with van der Waals surface area (Å²) in [7, 11) is 0. The largest absolute Gasteiger partial charge is 0.372 e. The predicted octanol–water partition coefficient (Wildman–Crippen LogP) is 3.93. The first-order valence-corrected chi connectivity index (χ1v) is 10.1. The van der Waals surface area contributed by atoms with E-state index in [1.165, 1.54) is 18.5 Å². The SMILES string of the molecule is O=C(Nc1ccc(N2CCCC2)cc1)C1CC(=O)N(Cc2ccccc2Cl)C1. The molecular weight excluding hydrogens is 374 g/mol. The van der Waals surface area contributed by atoms with Crippen LogP contribution in [0, 0.1) is 5.92 Å². The summed E-state index contributed by atoms with van der Waals surface area (Å²) in [5.74, 6) is -0.457. The summed E-state index contributed by atoms with van der Waals surface area (Å²) >= 11 is 6.20. The maximum atomic E-state index is 12.6. The molecule has 0 radical (unpaired) electrons. The van der Waals surface area contributed by atoms with Gasteiger partial charge in [0.15, 0.2) is 0 Å². The van der Waals surface area contributed by atoms with Crippen molar-refractivity contribution in [1.29, 1.82) is 0 Å². The van der Waals surface area contributed by atoms with Crippen molar-refractivity contribution < 1.29 is 9.59 Å². The quantitative estimate of drug-likeness (QED) is 0.831. The zero-order valence-corrected chi connectivity index (χ0v) is 16.5. The summed E-state index contributed by atoms with van der Waals surface area (Å²) in [6.45, 7) is 3.04. The van der Waals surface area contributed by atoms with Crippen LogP contribution in [-0.2, 0) is 16.1 Å². The number of anilines is 2. The highest BCUT2D eigenvalue weighted by molar-refractivity contribution is 6.31. The highest BCUT2D eigenvalue weighted by Crippen LogP contribution is 2.26. The Kier molecular flexibility index (Phi) is 5.53. The summed E-state index contributed by atoms with van der Waals surface area (Å²) in [4.78, 5) is 29.1. The number of carbonyl (C=O) groups is 2. The lowest BCUT2D eigenvalue weighted by molar-refractivity contribution is -0.128. The number of carbonyl (C=O) groups excluding carboxylic acids is 2. The Morgan fingerprint density at radius 1 is 1.07 bits per heavy atom. The molecule has 2 saturated heterocycles. The highest BCUT2D eigenvalue weighted by Gasteiger charge is 2.34. The molecule has 5 nitrogen and oxygen atoms in total. The minimum absolute atomic E-state index is 0.00977. The number of nitrogens with zero attached hydrogens (tertiary/aromatic N) is 2. The molecule has 2 aromatic carbocycles. The van der Waals surface area contributed by atoms with Crippen LogP contribution in [0.2, 0.25) is 5.02 Å². The molecule has 2 fully saturated rings. The van der Waals surface area contributed by atoms with Gasteiger partial charge < -0.3 is 15.1 Å². The van der Waals surface area contributed by atoms with Crippen molar-refractivity contribution in [2.75, 3.05) is 29.9 Å². The Bertz CT molecular complexity index is 862. The fourth-order valence-electron chi connectivity index (χ4n) is 3.91. The Balaban J connectivity index is 1.35. The Morgan fingerprint density at radius 2 is 1.79 bits per heavy atom. The number of rotatable bonds is 5. The fraction of sp³-hybridized carbons (Fsp3) is 0.364. The van der Waals surface area contributed by atoms with Gasteiger partial charge in [-0.05, 0) is 48.7 Å². The van der Waals surface area contributed by atoms with Gasteiger partial charge in [-0.2, -0.15) is 0 Å². The van der Waals surface area contributed by atoms with E-state index in [0.717, 1.165) is 24.3 Å². The minimum atomic E-state index is -0.340. The van der Waals surface area contributed by atoms with E-state index < -0.39 is 0 Å². The van der Waals surface area contributed by atoms with Gasteiger partial charge in [0.25, 0.3) is 0 Å². The maximum absolute atomic E-state index is 12.6. The van der Waals surface area contributed by atoms with Crippen LogP contribution in [0.4, 0.5) is 11.4 Å². The third kappa shape index (κ3) is 4.14. The van der Waals surface area contributed by atoms with Crippen molar-refractivity contribution in [2.45, 2.75) is 25.8 Å². The lowest BCUT2D eigenvalue weighted by atomic mass is 10.1. The van der Waals surface area contributed by atoms with Crippen LogP contribution in [0.1, 0.15) is 24.8 Å². The van der Waals surface area contributed by atoms with Crippen molar-refractivity contribution >= 4 is 34.8 Å². The minimum Gasteiger partial charge on any atom is -0.372 e. The van der Waals surface area contributed by atoms with Gasteiger partial charge in [0, 0.05) is 49.0 Å². The average molecular weight is 398 g/mol. The Hall–Kier alpha value is -2.53. The number of likely N-dealkylation sites (tertiary alicyclic amines) is 1. The number of hydrogen-bond donors (Lipinski definition) is 1. The highest BCUT2D eigenvalue weighted by atomic mass is 35.5. The third-order valence-electron chi connectivity index (χ3n) is 5.51. The number of benzene rings is 2. The first kappa shape index (κ1) is 18.8. The van der Waals surface area contributed by atoms with Gasteiger partial charge in [0.1, 0.15) is 0 Å². The van der Waals surface area contributed by atoms with Crippen LogP contribution in [0.3, 0.4) is 0 Å². The molecule has 0 bridgehead atoms. The van der Waals surface area contributed by atoms with Gasteiger partial charge >= 0.3 is 0 Å². The number of nitrogens with one attached hydrogen (secondary N) is 1. The molecule has 2 heterocycles. The van der Waals surface area contributed by atoms with Crippen LogP contribution in [0.5, 0.6) is 0 Å². The summed E-state index contributed by atoms with van der Waals surface area (Å²) in [5, 5.41) is 3.60. The molecule has 146 valence electrons. The molecule has 1 unspecified atom stereocenters. The molecule has 2 amide bonds. The fourth-order valence-corrected chi connectivity index (χ4v) is 4.10. The Labute approximate surface area is 170 Å². The lowest BCUT2D eigenvalue weighted by Gasteiger charge is -2.18. The van der Waals surface area contributed by atoms with Crippen molar-refractivity contribution in [3.8, 4) is 0 Å². The first-order valence-electron chi connectivity index (χ1n) is 9.77. The smallest absolute Gasteiger partial charge is 0.229 e. The van der Waals surface area contributed by atoms with E-state index in [0.29, 0.717) is 18.1 Å². The molecule has 28 heavy (non-hydrogen) atoms. The standard InChI is InChI=1S/C22H24ClN3O2/c23-20-6-2-1-5-16(20)14-26-15-17(13-21(26)27)22(28)24-18-7-9-19(10-8-18)25-11-3-4-12-25/h1-2,5-10,17H,3-4,11-15H2,(H,24,28). The van der Waals surface area contributed by atoms with Crippen LogP contribution < -0.4 is 10.2 Å². The van der Waals surface area contributed by atoms with Gasteiger partial charge in [0.2, 0.25) is 11.8 Å². The average Bonchev–Trinajstić information content (AvgIpc) is 3.35. The van der Waals surface area contributed by atoms with Gasteiger partial charge in [-0.25, -0.2) is 0 Å². The van der Waals surface area contributed by atoms with Crippen LogP contribution in [0.25, 0.3) is 0 Å². The van der Waals surface area contributed by atoms with E-state index >= 15 is 0 Å². The number of halogens is 1. The zero-order chi connectivity index (χ0) is 19.5. The summed E-state index contributed by atoms with van der Waals surface area (Å²) in [6, 6.07) is 15.4. The predicted molar refractivity (Wildman–Crippen MR) is 111 cm³/mol. The van der Waals surface area contributed by atoms with Gasteiger partial charge in [-0.3, -0.25) is 9.59 Å². The normalized spacial score (nSPS) is 19.3. The van der Waals surface area contributed by atoms with E-state index in [1.54, 1.807) is 4.90 Å². The second-order valence-electron chi connectivity index (χ2n) is 7.50. The summed E-state index contributed by atoms with van der Waals surface area (Å²) < 4.78 is 0. The molecular formula is C22H24ClN3O2. The van der Waals surface area contributed by atoms with E-state index in [4.69, 9.17) is 11.6 Å². The number of hydrogen-bond acceptors (Lipinski definition) is 3. The molecule has 4 rings (SSSR count). The van der Waals surface area contributed by atoms with E-state index in [2.05, 4.69) is 10.2 Å². The van der Waals surface area contributed by atoms with E-state index in [1.807, 2.05) is 48.5 Å². The maximum Gasteiger partial charge on any atom is 0.229 e. The van der Waals surface area contributed by atoms with Crippen molar-refractivity contribution in [3.05, 3.63) is 59.1 Å². The van der Waals surface area contributed by atoms with Gasteiger partial charge in [0.05, 0.1) is 5.92 Å². The van der Waals surface area contributed by atoms with E-state index in [-0.39, 0.29) is 24.2 Å².